The van der Waals surface area contributed by atoms with E-state index in [9.17, 15) is 14.3 Å². The Kier molecular flexibility index (Phi) is 7.73. The minimum absolute atomic E-state index is 0.0805. The molecule has 39 heavy (non-hydrogen) atoms. The maximum Gasteiger partial charge on any atom is 0.224 e. The highest BCUT2D eigenvalue weighted by Gasteiger charge is 2.47. The molecule has 3 aromatic rings. The van der Waals surface area contributed by atoms with Gasteiger partial charge in [0.1, 0.15) is 11.6 Å². The molecule has 3 N–H and O–H groups in total. The van der Waals surface area contributed by atoms with Crippen molar-refractivity contribution in [2.24, 2.45) is 22.2 Å². The van der Waals surface area contributed by atoms with Gasteiger partial charge in [0, 0.05) is 17.8 Å². The van der Waals surface area contributed by atoms with Gasteiger partial charge in [-0.05, 0) is 90.6 Å². The zero-order valence-electron chi connectivity index (χ0n) is 22.1. The summed E-state index contributed by atoms with van der Waals surface area (Å²) in [6.45, 7) is 2.29. The van der Waals surface area contributed by atoms with Crippen LogP contribution in [0.25, 0.3) is 0 Å². The minimum Gasteiger partial charge on any atom is -0.508 e. The van der Waals surface area contributed by atoms with Crippen LogP contribution in [0.5, 0.6) is 5.75 Å². The minimum atomic E-state index is -0.294. The summed E-state index contributed by atoms with van der Waals surface area (Å²) >= 11 is 0. The van der Waals surface area contributed by atoms with E-state index in [1.807, 2.05) is 24.3 Å². The molecule has 0 spiro atoms. The molecule has 200 valence electrons. The molecule has 5 rings (SSSR count). The van der Waals surface area contributed by atoms with Crippen LogP contribution >= 0.6 is 0 Å². The topological polar surface area (TPSA) is 85.5 Å². The van der Waals surface area contributed by atoms with Crippen LogP contribution in [0.1, 0.15) is 49.8 Å². The Labute approximate surface area is 229 Å². The van der Waals surface area contributed by atoms with Crippen molar-refractivity contribution in [2.75, 3.05) is 0 Å². The summed E-state index contributed by atoms with van der Waals surface area (Å²) in [6, 6.07) is 22.9. The number of halogens is 1. The molecular formula is C33H34FN3O2. The summed E-state index contributed by atoms with van der Waals surface area (Å²) in [5.74, 6) is -0.0240. The summed E-state index contributed by atoms with van der Waals surface area (Å²) in [5, 5.41) is 21.2. The van der Waals surface area contributed by atoms with Crippen molar-refractivity contribution >= 4 is 23.5 Å². The number of phenolic OH excluding ortho intramolecular Hbond substituents is 1. The number of fused-ring (bicyclic) bond motifs is 1. The van der Waals surface area contributed by atoms with Gasteiger partial charge in [0.05, 0.1) is 18.2 Å². The van der Waals surface area contributed by atoms with Crippen LogP contribution < -0.4 is 5.32 Å². The zero-order valence-corrected chi connectivity index (χ0v) is 22.1. The molecule has 0 bridgehead atoms. The van der Waals surface area contributed by atoms with Gasteiger partial charge in [0.15, 0.2) is 0 Å². The Bertz CT molecular complexity index is 1400. The number of nitrogens with one attached hydrogen (secondary N) is 2. The van der Waals surface area contributed by atoms with Crippen LogP contribution in [0, 0.1) is 28.5 Å². The Hall–Kier alpha value is -4.06. The molecule has 0 saturated heterocycles. The number of carbonyl (C=O) groups excluding carboxylic acids is 1. The molecule has 1 saturated carbocycles. The molecule has 1 amide bonds. The van der Waals surface area contributed by atoms with E-state index >= 15 is 0 Å². The van der Waals surface area contributed by atoms with Gasteiger partial charge >= 0.3 is 0 Å². The van der Waals surface area contributed by atoms with Crippen molar-refractivity contribution in [1.29, 1.82) is 5.41 Å². The fourth-order valence-corrected chi connectivity index (χ4v) is 6.23. The van der Waals surface area contributed by atoms with Gasteiger partial charge in [-0.25, -0.2) is 4.39 Å². The van der Waals surface area contributed by atoms with E-state index in [0.717, 1.165) is 42.5 Å². The molecule has 0 radical (unpaired) electrons. The van der Waals surface area contributed by atoms with Crippen molar-refractivity contribution in [3.05, 3.63) is 107 Å². The lowest BCUT2D eigenvalue weighted by Crippen LogP contribution is -2.37. The van der Waals surface area contributed by atoms with E-state index in [1.165, 1.54) is 23.9 Å². The highest BCUT2D eigenvalue weighted by atomic mass is 19.1. The number of benzene rings is 3. The average Bonchev–Trinajstić information content (AvgIpc) is 3.24. The fraction of sp³-hybridized carbons (Fsp3) is 0.303. The van der Waals surface area contributed by atoms with Gasteiger partial charge in [-0.1, -0.05) is 55.0 Å². The number of hydrogen-bond acceptors (Lipinski definition) is 4. The predicted molar refractivity (Wildman–Crippen MR) is 153 cm³/mol. The fourth-order valence-electron chi connectivity index (χ4n) is 6.23. The summed E-state index contributed by atoms with van der Waals surface area (Å²) in [5.41, 5.74) is 4.61. The number of nitrogens with zero attached hydrogens (tertiary/aromatic N) is 1. The molecule has 0 aliphatic heterocycles. The van der Waals surface area contributed by atoms with Crippen molar-refractivity contribution < 1.29 is 14.3 Å². The molecule has 0 aromatic heterocycles. The van der Waals surface area contributed by atoms with Crippen molar-refractivity contribution in [1.82, 2.24) is 5.32 Å². The molecule has 6 heteroatoms. The molecule has 4 atom stereocenters. The maximum atomic E-state index is 13.4. The number of rotatable bonds is 8. The van der Waals surface area contributed by atoms with Crippen molar-refractivity contribution in [3.63, 3.8) is 0 Å². The third-order valence-corrected chi connectivity index (χ3v) is 8.36. The monoisotopic (exact) mass is 523 g/mol. The first-order valence-corrected chi connectivity index (χ1v) is 13.5. The highest BCUT2D eigenvalue weighted by molar-refractivity contribution is 6.08. The predicted octanol–water partition coefficient (Wildman–Crippen LogP) is 7.11. The third-order valence-electron chi connectivity index (χ3n) is 8.36. The second-order valence-electron chi connectivity index (χ2n) is 10.9. The number of phenols is 1. The van der Waals surface area contributed by atoms with Crippen LogP contribution in [-0.2, 0) is 11.2 Å². The molecule has 5 nitrogen and oxygen atoms in total. The van der Waals surface area contributed by atoms with E-state index in [1.54, 1.807) is 30.3 Å². The quantitative estimate of drug-likeness (QED) is 0.275. The van der Waals surface area contributed by atoms with Crippen LogP contribution in [0.4, 0.5) is 10.1 Å². The van der Waals surface area contributed by atoms with Crippen molar-refractivity contribution in [2.45, 2.75) is 45.1 Å². The number of allylic oxidation sites excluding steroid dienone is 2. The van der Waals surface area contributed by atoms with Crippen LogP contribution in [0.15, 0.2) is 95.5 Å². The summed E-state index contributed by atoms with van der Waals surface area (Å²) in [7, 11) is 0. The number of hydrogen-bond donors (Lipinski definition) is 3. The van der Waals surface area contributed by atoms with Gasteiger partial charge in [0.2, 0.25) is 5.91 Å². The zero-order chi connectivity index (χ0) is 27.4. The average molecular weight is 524 g/mol. The highest BCUT2D eigenvalue weighted by Crippen LogP contribution is 2.56. The van der Waals surface area contributed by atoms with Crippen LogP contribution in [0.3, 0.4) is 0 Å². The first kappa shape index (κ1) is 26.5. The van der Waals surface area contributed by atoms with Crippen molar-refractivity contribution in [3.8, 4) is 5.75 Å². The number of aliphatic imine (C=N–C) groups is 1. The van der Waals surface area contributed by atoms with Gasteiger partial charge in [-0.15, -0.1) is 0 Å². The summed E-state index contributed by atoms with van der Waals surface area (Å²) < 4.78 is 13.4. The Balaban J connectivity index is 1.37. The normalized spacial score (nSPS) is 24.1. The second-order valence-corrected chi connectivity index (χ2v) is 10.9. The third kappa shape index (κ3) is 6.00. The van der Waals surface area contributed by atoms with E-state index in [-0.39, 0.29) is 41.3 Å². The lowest BCUT2D eigenvalue weighted by molar-refractivity contribution is -0.121. The van der Waals surface area contributed by atoms with Gasteiger partial charge in [-0.2, -0.15) is 0 Å². The first-order valence-electron chi connectivity index (χ1n) is 13.5. The SMILES string of the molecule is CC12CC(C=N)C(=Nc3ccc(F)cc3)C=C1CCC2CC(NC(=O)Cc1cccc(O)c1)c1ccccc1. The van der Waals surface area contributed by atoms with E-state index in [4.69, 9.17) is 10.4 Å². The molecule has 4 unspecified atom stereocenters. The van der Waals surface area contributed by atoms with Crippen LogP contribution in [-0.4, -0.2) is 22.9 Å². The summed E-state index contributed by atoms with van der Waals surface area (Å²) in [4.78, 5) is 17.9. The largest absolute Gasteiger partial charge is 0.508 e. The van der Waals surface area contributed by atoms with E-state index < -0.39 is 0 Å². The van der Waals surface area contributed by atoms with Gasteiger partial charge in [0.25, 0.3) is 0 Å². The molecule has 0 heterocycles. The van der Waals surface area contributed by atoms with E-state index in [0.29, 0.717) is 11.6 Å². The number of aromatic hydroxyl groups is 1. The summed E-state index contributed by atoms with van der Waals surface area (Å²) in [6.07, 6.45) is 7.35. The Morgan fingerprint density at radius 3 is 2.64 bits per heavy atom. The maximum absolute atomic E-state index is 13.4. The lowest BCUT2D eigenvalue weighted by atomic mass is 9.65. The second kappa shape index (κ2) is 11.4. The number of amides is 1. The first-order chi connectivity index (χ1) is 18.8. The number of carbonyl (C=O) groups is 1. The molecular weight excluding hydrogens is 489 g/mol. The van der Waals surface area contributed by atoms with Gasteiger partial charge < -0.3 is 15.8 Å². The molecule has 3 aromatic carbocycles. The smallest absolute Gasteiger partial charge is 0.224 e. The Morgan fingerprint density at radius 1 is 1.15 bits per heavy atom. The van der Waals surface area contributed by atoms with Gasteiger partial charge in [-0.3, -0.25) is 9.79 Å². The lowest BCUT2D eigenvalue weighted by Gasteiger charge is -2.40. The van der Waals surface area contributed by atoms with E-state index in [2.05, 4.69) is 30.4 Å². The standard InChI is InChI=1S/C33H34FN3O2/c1-33-20-24(21-35)31(36-28-14-12-27(34)13-15-28)19-26(33)11-10-25(33)18-30(23-7-3-2-4-8-23)37-32(39)17-22-6-5-9-29(38)16-22/h2-9,12-16,19,21,24-25,30,35,38H,10-11,17-18,20H2,1H3,(H,37,39). The van der Waals surface area contributed by atoms with Crippen LogP contribution in [0.2, 0.25) is 0 Å². The molecule has 1 fully saturated rings. The Morgan fingerprint density at radius 2 is 1.92 bits per heavy atom. The molecule has 2 aliphatic rings. The molecule has 2 aliphatic carbocycles.